The van der Waals surface area contributed by atoms with Crippen LogP contribution >= 0.6 is 0 Å². The summed E-state index contributed by atoms with van der Waals surface area (Å²) in [7, 11) is 0. The van der Waals surface area contributed by atoms with Crippen molar-refractivity contribution >= 4 is 5.91 Å². The van der Waals surface area contributed by atoms with Crippen LogP contribution in [-0.4, -0.2) is 18.5 Å². The van der Waals surface area contributed by atoms with Gasteiger partial charge in [-0.2, -0.15) is 0 Å². The summed E-state index contributed by atoms with van der Waals surface area (Å²) in [4.78, 5) is 12.3. The van der Waals surface area contributed by atoms with E-state index in [2.05, 4.69) is 12.2 Å². The maximum atomic E-state index is 12.3. The standard InChI is InChI=1S/C14H26N2O/c1-10-6-7-12(8-10)16-14(17)13-5-3-2-4-11(13)9-15/h10-13H,2-9,15H2,1H3,(H,16,17). The number of hydrogen-bond donors (Lipinski definition) is 2. The summed E-state index contributed by atoms with van der Waals surface area (Å²) in [5.74, 6) is 1.66. The molecule has 2 rings (SSSR count). The molecule has 2 saturated carbocycles. The van der Waals surface area contributed by atoms with Gasteiger partial charge in [-0.15, -0.1) is 0 Å². The van der Waals surface area contributed by atoms with Gasteiger partial charge in [0.1, 0.15) is 0 Å². The highest BCUT2D eigenvalue weighted by Crippen LogP contribution is 2.31. The highest BCUT2D eigenvalue weighted by molar-refractivity contribution is 5.79. The Morgan fingerprint density at radius 2 is 2.00 bits per heavy atom. The van der Waals surface area contributed by atoms with Gasteiger partial charge in [-0.3, -0.25) is 4.79 Å². The molecule has 0 radical (unpaired) electrons. The number of carbonyl (C=O) groups excluding carboxylic acids is 1. The Morgan fingerprint density at radius 3 is 2.65 bits per heavy atom. The zero-order valence-electron chi connectivity index (χ0n) is 11.0. The smallest absolute Gasteiger partial charge is 0.223 e. The van der Waals surface area contributed by atoms with Gasteiger partial charge < -0.3 is 11.1 Å². The fraction of sp³-hybridized carbons (Fsp3) is 0.929. The zero-order valence-corrected chi connectivity index (χ0v) is 11.0. The Morgan fingerprint density at radius 1 is 1.24 bits per heavy atom. The minimum Gasteiger partial charge on any atom is -0.353 e. The van der Waals surface area contributed by atoms with Gasteiger partial charge in [0, 0.05) is 12.0 Å². The van der Waals surface area contributed by atoms with Crippen molar-refractivity contribution in [3.8, 4) is 0 Å². The maximum Gasteiger partial charge on any atom is 0.223 e. The van der Waals surface area contributed by atoms with Crippen LogP contribution in [0, 0.1) is 17.8 Å². The van der Waals surface area contributed by atoms with Crippen LogP contribution in [-0.2, 0) is 4.79 Å². The Bertz CT molecular complexity index is 267. The van der Waals surface area contributed by atoms with E-state index >= 15 is 0 Å². The minimum absolute atomic E-state index is 0.185. The van der Waals surface area contributed by atoms with Crippen molar-refractivity contribution in [1.82, 2.24) is 5.32 Å². The fourth-order valence-electron chi connectivity index (χ4n) is 3.48. The first-order valence-electron chi connectivity index (χ1n) is 7.21. The summed E-state index contributed by atoms with van der Waals surface area (Å²) in [6.45, 7) is 2.94. The lowest BCUT2D eigenvalue weighted by molar-refractivity contribution is -0.128. The number of nitrogens with one attached hydrogen (secondary N) is 1. The van der Waals surface area contributed by atoms with Crippen molar-refractivity contribution in [2.45, 2.75) is 57.9 Å². The van der Waals surface area contributed by atoms with Crippen molar-refractivity contribution in [2.24, 2.45) is 23.5 Å². The molecule has 0 aromatic heterocycles. The summed E-state index contributed by atoms with van der Waals surface area (Å²) in [5.41, 5.74) is 5.78. The van der Waals surface area contributed by atoms with E-state index in [1.807, 2.05) is 0 Å². The third-order valence-electron chi connectivity index (χ3n) is 4.59. The largest absolute Gasteiger partial charge is 0.353 e. The number of amides is 1. The monoisotopic (exact) mass is 238 g/mol. The molecule has 0 saturated heterocycles. The average molecular weight is 238 g/mol. The van der Waals surface area contributed by atoms with E-state index in [9.17, 15) is 4.79 Å². The van der Waals surface area contributed by atoms with E-state index in [0.29, 0.717) is 18.5 Å². The lowest BCUT2D eigenvalue weighted by atomic mass is 9.78. The van der Waals surface area contributed by atoms with E-state index in [1.54, 1.807) is 0 Å². The normalized spacial score (nSPS) is 38.0. The molecule has 98 valence electrons. The van der Waals surface area contributed by atoms with E-state index in [-0.39, 0.29) is 11.8 Å². The van der Waals surface area contributed by atoms with Crippen LogP contribution in [0.2, 0.25) is 0 Å². The third-order valence-corrected chi connectivity index (χ3v) is 4.59. The number of hydrogen-bond acceptors (Lipinski definition) is 2. The van der Waals surface area contributed by atoms with Crippen LogP contribution in [0.25, 0.3) is 0 Å². The first kappa shape index (κ1) is 12.9. The molecular weight excluding hydrogens is 212 g/mol. The molecule has 1 amide bonds. The molecule has 4 atom stereocenters. The van der Waals surface area contributed by atoms with Crippen LogP contribution < -0.4 is 11.1 Å². The lowest BCUT2D eigenvalue weighted by Crippen LogP contribution is -2.43. The maximum absolute atomic E-state index is 12.3. The molecule has 17 heavy (non-hydrogen) atoms. The molecule has 0 aromatic carbocycles. The van der Waals surface area contributed by atoms with Gasteiger partial charge in [-0.25, -0.2) is 0 Å². The van der Waals surface area contributed by atoms with Crippen LogP contribution in [0.5, 0.6) is 0 Å². The SMILES string of the molecule is CC1CCC(NC(=O)C2CCCCC2CN)C1. The molecule has 3 N–H and O–H groups in total. The summed E-state index contributed by atoms with van der Waals surface area (Å²) in [6, 6.07) is 0.429. The molecular formula is C14H26N2O. The van der Waals surface area contributed by atoms with Gasteiger partial charge in [0.25, 0.3) is 0 Å². The molecule has 0 bridgehead atoms. The van der Waals surface area contributed by atoms with Crippen molar-refractivity contribution < 1.29 is 4.79 Å². The second kappa shape index (κ2) is 5.85. The molecule has 2 aliphatic rings. The van der Waals surface area contributed by atoms with Crippen LogP contribution in [0.3, 0.4) is 0 Å². The first-order valence-corrected chi connectivity index (χ1v) is 7.21. The Labute approximate surface area is 105 Å². The van der Waals surface area contributed by atoms with Gasteiger partial charge >= 0.3 is 0 Å². The molecule has 3 nitrogen and oxygen atoms in total. The quantitative estimate of drug-likeness (QED) is 0.790. The van der Waals surface area contributed by atoms with Gasteiger partial charge in [0.05, 0.1) is 0 Å². The first-order chi connectivity index (χ1) is 8.20. The van der Waals surface area contributed by atoms with Crippen molar-refractivity contribution in [3.63, 3.8) is 0 Å². The number of rotatable bonds is 3. The average Bonchev–Trinajstić information content (AvgIpc) is 2.74. The van der Waals surface area contributed by atoms with Crippen molar-refractivity contribution in [3.05, 3.63) is 0 Å². The zero-order chi connectivity index (χ0) is 12.3. The molecule has 3 heteroatoms. The lowest BCUT2D eigenvalue weighted by Gasteiger charge is -2.30. The molecule has 2 aliphatic carbocycles. The Balaban J connectivity index is 1.85. The summed E-state index contributed by atoms with van der Waals surface area (Å²) < 4.78 is 0. The second-order valence-electron chi connectivity index (χ2n) is 6.01. The third kappa shape index (κ3) is 3.21. The molecule has 4 unspecified atom stereocenters. The summed E-state index contributed by atoms with van der Waals surface area (Å²) in [6.07, 6.45) is 8.18. The van der Waals surface area contributed by atoms with E-state index in [4.69, 9.17) is 5.73 Å². The Hall–Kier alpha value is -0.570. The number of carbonyl (C=O) groups is 1. The van der Waals surface area contributed by atoms with Crippen LogP contribution in [0.1, 0.15) is 51.9 Å². The fourth-order valence-corrected chi connectivity index (χ4v) is 3.48. The van der Waals surface area contributed by atoms with Crippen molar-refractivity contribution in [2.75, 3.05) is 6.54 Å². The molecule has 0 aromatic rings. The van der Waals surface area contributed by atoms with Gasteiger partial charge in [-0.1, -0.05) is 19.8 Å². The predicted molar refractivity (Wildman–Crippen MR) is 69.4 cm³/mol. The minimum atomic E-state index is 0.185. The highest BCUT2D eigenvalue weighted by atomic mass is 16.2. The second-order valence-corrected chi connectivity index (χ2v) is 6.01. The predicted octanol–water partition coefficient (Wildman–Crippen LogP) is 2.06. The summed E-state index contributed by atoms with van der Waals surface area (Å²) in [5, 5.41) is 3.25. The van der Waals surface area contributed by atoms with Crippen molar-refractivity contribution in [1.29, 1.82) is 0 Å². The summed E-state index contributed by atoms with van der Waals surface area (Å²) >= 11 is 0. The van der Waals surface area contributed by atoms with Gasteiger partial charge in [0.15, 0.2) is 0 Å². The molecule has 0 aliphatic heterocycles. The van der Waals surface area contributed by atoms with E-state index < -0.39 is 0 Å². The van der Waals surface area contributed by atoms with E-state index in [0.717, 1.165) is 31.6 Å². The molecule has 2 fully saturated rings. The van der Waals surface area contributed by atoms with Crippen LogP contribution in [0.4, 0.5) is 0 Å². The van der Waals surface area contributed by atoms with E-state index in [1.165, 1.54) is 19.3 Å². The molecule has 0 heterocycles. The molecule has 0 spiro atoms. The van der Waals surface area contributed by atoms with Gasteiger partial charge in [-0.05, 0) is 50.5 Å². The van der Waals surface area contributed by atoms with Crippen LogP contribution in [0.15, 0.2) is 0 Å². The highest BCUT2D eigenvalue weighted by Gasteiger charge is 2.32. The number of nitrogens with two attached hydrogens (primary N) is 1. The topological polar surface area (TPSA) is 55.1 Å². The Kier molecular flexibility index (Phi) is 4.43. The van der Waals surface area contributed by atoms with Gasteiger partial charge in [0.2, 0.25) is 5.91 Å².